The summed E-state index contributed by atoms with van der Waals surface area (Å²) in [6, 6.07) is 12.4. The fourth-order valence-electron chi connectivity index (χ4n) is 2.59. The Morgan fingerprint density at radius 1 is 1.00 bits per heavy atom. The van der Waals surface area contributed by atoms with Crippen molar-refractivity contribution in [2.24, 2.45) is 0 Å². The summed E-state index contributed by atoms with van der Waals surface area (Å²) < 4.78 is 5.45. The number of anilines is 1. The standard InChI is InChI=1S/C17H17NO2/c1-11-6-12(2)8-14(7-11)13-4-5-16-15(9-13)18(3)17(19)10-20-16/h4-9H,10H2,1-3H3. The van der Waals surface area contributed by atoms with Crippen molar-refractivity contribution in [1.29, 1.82) is 0 Å². The Labute approximate surface area is 118 Å². The molecule has 1 amide bonds. The Bertz CT molecular complexity index is 671. The third-order valence-electron chi connectivity index (χ3n) is 3.60. The topological polar surface area (TPSA) is 29.5 Å². The Hall–Kier alpha value is -2.29. The van der Waals surface area contributed by atoms with Crippen molar-refractivity contribution in [3.8, 4) is 16.9 Å². The van der Waals surface area contributed by atoms with E-state index in [-0.39, 0.29) is 12.5 Å². The minimum Gasteiger partial charge on any atom is -0.482 e. The van der Waals surface area contributed by atoms with Gasteiger partial charge in [-0.1, -0.05) is 35.4 Å². The number of carbonyl (C=O) groups is 1. The largest absolute Gasteiger partial charge is 0.482 e. The van der Waals surface area contributed by atoms with E-state index in [2.05, 4.69) is 32.0 Å². The lowest BCUT2D eigenvalue weighted by Gasteiger charge is -2.26. The molecule has 3 heteroatoms. The zero-order valence-corrected chi connectivity index (χ0v) is 11.9. The monoisotopic (exact) mass is 267 g/mol. The first-order chi connectivity index (χ1) is 9.54. The third kappa shape index (κ3) is 2.16. The molecule has 1 heterocycles. The third-order valence-corrected chi connectivity index (χ3v) is 3.60. The number of amides is 1. The first-order valence-electron chi connectivity index (χ1n) is 6.66. The smallest absolute Gasteiger partial charge is 0.264 e. The van der Waals surface area contributed by atoms with Gasteiger partial charge < -0.3 is 9.64 Å². The fraction of sp³-hybridized carbons (Fsp3) is 0.235. The van der Waals surface area contributed by atoms with Gasteiger partial charge in [0.25, 0.3) is 5.91 Å². The van der Waals surface area contributed by atoms with Crippen LogP contribution >= 0.6 is 0 Å². The van der Waals surface area contributed by atoms with Crippen molar-refractivity contribution < 1.29 is 9.53 Å². The molecule has 0 saturated heterocycles. The lowest BCUT2D eigenvalue weighted by molar-refractivity contribution is -0.120. The summed E-state index contributed by atoms with van der Waals surface area (Å²) in [5.74, 6) is 0.746. The molecule has 1 aliphatic heterocycles. The van der Waals surface area contributed by atoms with Crippen molar-refractivity contribution in [2.45, 2.75) is 13.8 Å². The molecule has 0 saturated carbocycles. The molecule has 3 rings (SSSR count). The maximum Gasteiger partial charge on any atom is 0.264 e. The van der Waals surface area contributed by atoms with Crippen LogP contribution < -0.4 is 9.64 Å². The first-order valence-corrected chi connectivity index (χ1v) is 6.66. The predicted molar refractivity (Wildman–Crippen MR) is 80.3 cm³/mol. The summed E-state index contributed by atoms with van der Waals surface area (Å²) in [6.45, 7) is 4.30. The Morgan fingerprint density at radius 3 is 2.40 bits per heavy atom. The van der Waals surface area contributed by atoms with E-state index < -0.39 is 0 Å². The Kier molecular flexibility index (Phi) is 2.97. The lowest BCUT2D eigenvalue weighted by Crippen LogP contribution is -2.35. The number of hydrogen-bond donors (Lipinski definition) is 0. The van der Waals surface area contributed by atoms with E-state index in [1.165, 1.54) is 11.1 Å². The average molecular weight is 267 g/mol. The van der Waals surface area contributed by atoms with Crippen LogP contribution in [0.4, 0.5) is 5.69 Å². The van der Waals surface area contributed by atoms with Crippen LogP contribution in [0.5, 0.6) is 5.75 Å². The number of ether oxygens (including phenoxy) is 1. The SMILES string of the molecule is Cc1cc(C)cc(-c2ccc3c(c2)N(C)C(=O)CO3)c1. The normalized spacial score (nSPS) is 13.9. The molecule has 0 aliphatic carbocycles. The van der Waals surface area contributed by atoms with E-state index >= 15 is 0 Å². The Morgan fingerprint density at radius 2 is 1.70 bits per heavy atom. The minimum absolute atomic E-state index is 0.0185. The van der Waals surface area contributed by atoms with Crippen molar-refractivity contribution >= 4 is 11.6 Å². The second-order valence-corrected chi connectivity index (χ2v) is 5.30. The van der Waals surface area contributed by atoms with Gasteiger partial charge in [-0.15, -0.1) is 0 Å². The van der Waals surface area contributed by atoms with Crippen LogP contribution in [0.2, 0.25) is 0 Å². The molecule has 20 heavy (non-hydrogen) atoms. The van der Waals surface area contributed by atoms with Gasteiger partial charge in [-0.25, -0.2) is 0 Å². The van der Waals surface area contributed by atoms with E-state index in [0.717, 1.165) is 22.6 Å². The van der Waals surface area contributed by atoms with Gasteiger partial charge in [0, 0.05) is 7.05 Å². The van der Waals surface area contributed by atoms with Gasteiger partial charge in [-0.3, -0.25) is 4.79 Å². The molecule has 0 fully saturated rings. The van der Waals surface area contributed by atoms with Gasteiger partial charge in [-0.2, -0.15) is 0 Å². The van der Waals surface area contributed by atoms with Crippen LogP contribution in [-0.2, 0) is 4.79 Å². The van der Waals surface area contributed by atoms with Crippen LogP contribution in [0.25, 0.3) is 11.1 Å². The van der Waals surface area contributed by atoms with Crippen LogP contribution in [0.15, 0.2) is 36.4 Å². The van der Waals surface area contributed by atoms with Crippen LogP contribution in [0, 0.1) is 13.8 Å². The molecule has 102 valence electrons. The van der Waals surface area contributed by atoms with Gasteiger partial charge >= 0.3 is 0 Å². The van der Waals surface area contributed by atoms with Gasteiger partial charge in [0.2, 0.25) is 0 Å². The maximum absolute atomic E-state index is 11.7. The van der Waals surface area contributed by atoms with Crippen LogP contribution in [0.1, 0.15) is 11.1 Å². The van der Waals surface area contributed by atoms with E-state index in [1.54, 1.807) is 11.9 Å². The Balaban J connectivity index is 2.10. The maximum atomic E-state index is 11.7. The van der Waals surface area contributed by atoms with E-state index in [1.807, 2.05) is 18.2 Å². The summed E-state index contributed by atoms with van der Waals surface area (Å²) in [6.07, 6.45) is 0. The molecule has 2 aromatic rings. The fourth-order valence-corrected chi connectivity index (χ4v) is 2.59. The molecule has 0 unspecified atom stereocenters. The first kappa shape index (κ1) is 12.7. The van der Waals surface area contributed by atoms with Crippen molar-refractivity contribution in [1.82, 2.24) is 0 Å². The summed E-state index contributed by atoms with van der Waals surface area (Å²) in [4.78, 5) is 13.4. The van der Waals surface area contributed by atoms with E-state index in [0.29, 0.717) is 0 Å². The molecule has 1 aliphatic rings. The van der Waals surface area contributed by atoms with Crippen LogP contribution in [0.3, 0.4) is 0 Å². The number of fused-ring (bicyclic) bond motifs is 1. The van der Waals surface area contributed by atoms with Gasteiger partial charge in [-0.05, 0) is 37.1 Å². The quantitative estimate of drug-likeness (QED) is 0.793. The van der Waals surface area contributed by atoms with Crippen molar-refractivity contribution in [3.05, 3.63) is 47.5 Å². The molecular weight excluding hydrogens is 250 g/mol. The number of likely N-dealkylation sites (N-methyl/N-ethyl adjacent to an activating group) is 1. The second-order valence-electron chi connectivity index (χ2n) is 5.30. The number of nitrogens with zero attached hydrogens (tertiary/aromatic N) is 1. The van der Waals surface area contributed by atoms with Gasteiger partial charge in [0.05, 0.1) is 5.69 Å². The van der Waals surface area contributed by atoms with Crippen molar-refractivity contribution in [3.63, 3.8) is 0 Å². The molecule has 0 spiro atoms. The zero-order chi connectivity index (χ0) is 14.3. The van der Waals surface area contributed by atoms with Gasteiger partial charge in [0.15, 0.2) is 6.61 Å². The molecular formula is C17H17NO2. The average Bonchev–Trinajstić information content (AvgIpc) is 2.42. The predicted octanol–water partition coefficient (Wildman–Crippen LogP) is 3.33. The van der Waals surface area contributed by atoms with Crippen molar-refractivity contribution in [2.75, 3.05) is 18.6 Å². The lowest BCUT2D eigenvalue weighted by atomic mass is 10.00. The zero-order valence-electron chi connectivity index (χ0n) is 11.9. The van der Waals surface area contributed by atoms with Crippen LogP contribution in [-0.4, -0.2) is 19.6 Å². The number of rotatable bonds is 1. The number of benzene rings is 2. The summed E-state index contributed by atoms with van der Waals surface area (Å²) in [5.41, 5.74) is 5.56. The summed E-state index contributed by atoms with van der Waals surface area (Å²) >= 11 is 0. The number of aryl methyl sites for hydroxylation is 2. The summed E-state index contributed by atoms with van der Waals surface area (Å²) in [7, 11) is 1.79. The van der Waals surface area contributed by atoms with Gasteiger partial charge in [0.1, 0.15) is 5.75 Å². The molecule has 0 aromatic heterocycles. The highest BCUT2D eigenvalue weighted by molar-refractivity contribution is 5.98. The molecule has 0 bridgehead atoms. The highest BCUT2D eigenvalue weighted by Crippen LogP contribution is 2.35. The molecule has 3 nitrogen and oxygen atoms in total. The van der Waals surface area contributed by atoms with E-state index in [4.69, 9.17) is 4.74 Å². The minimum atomic E-state index is -0.0185. The highest BCUT2D eigenvalue weighted by Gasteiger charge is 2.22. The molecule has 2 aromatic carbocycles. The molecule has 0 N–H and O–H groups in total. The molecule has 0 radical (unpaired) electrons. The van der Waals surface area contributed by atoms with E-state index in [9.17, 15) is 4.79 Å². The number of carbonyl (C=O) groups excluding carboxylic acids is 1. The highest BCUT2D eigenvalue weighted by atomic mass is 16.5. The number of hydrogen-bond acceptors (Lipinski definition) is 2. The summed E-state index contributed by atoms with van der Waals surface area (Å²) in [5, 5.41) is 0. The molecule has 0 atom stereocenters. The second kappa shape index (κ2) is 4.67.